The van der Waals surface area contributed by atoms with Gasteiger partial charge in [0.2, 0.25) is 0 Å². The average Bonchev–Trinajstić information content (AvgIpc) is 3.22. The molecule has 3 aromatic rings. The number of rotatable bonds is 6. The van der Waals surface area contributed by atoms with Crippen LogP contribution in [0.5, 0.6) is 0 Å². The summed E-state index contributed by atoms with van der Waals surface area (Å²) >= 11 is 0.955. The summed E-state index contributed by atoms with van der Waals surface area (Å²) < 4.78 is 12.5. The molecule has 8 heteroatoms. The fourth-order valence-electron chi connectivity index (χ4n) is 3.48. The van der Waals surface area contributed by atoms with Crippen LogP contribution in [-0.2, 0) is 16.1 Å². The number of thiophene rings is 1. The van der Waals surface area contributed by atoms with Crippen LogP contribution in [0.25, 0.3) is 5.69 Å². The number of hydrogen-bond acceptors (Lipinski definition) is 7. The molecule has 0 aliphatic heterocycles. The second kappa shape index (κ2) is 9.06. The van der Waals surface area contributed by atoms with E-state index in [0.29, 0.717) is 5.56 Å². The van der Waals surface area contributed by atoms with Gasteiger partial charge in [-0.05, 0) is 45.4 Å². The lowest BCUT2D eigenvalue weighted by Gasteiger charge is -2.12. The molecule has 3 rings (SSSR count). The zero-order valence-corrected chi connectivity index (χ0v) is 18.6. The Kier molecular flexibility index (Phi) is 6.47. The van der Waals surface area contributed by atoms with Crippen LogP contribution in [0.3, 0.4) is 0 Å². The molecule has 2 aromatic heterocycles. The molecule has 0 unspecified atom stereocenters. The van der Waals surface area contributed by atoms with E-state index in [2.05, 4.69) is 0 Å². The lowest BCUT2D eigenvalue weighted by molar-refractivity contribution is 0.0452. The number of hydrogen-bond donors (Lipinski definition) is 1. The Morgan fingerprint density at radius 1 is 1.16 bits per heavy atom. The minimum Gasteiger partial charge on any atom is -0.462 e. The third-order valence-corrected chi connectivity index (χ3v) is 6.00. The Morgan fingerprint density at radius 3 is 2.52 bits per heavy atom. The van der Waals surface area contributed by atoms with Crippen molar-refractivity contribution < 1.29 is 19.1 Å². The van der Waals surface area contributed by atoms with Crippen molar-refractivity contribution in [2.75, 3.05) is 12.3 Å². The van der Waals surface area contributed by atoms with E-state index >= 15 is 0 Å². The molecule has 0 saturated carbocycles. The van der Waals surface area contributed by atoms with E-state index in [1.165, 1.54) is 0 Å². The summed E-state index contributed by atoms with van der Waals surface area (Å²) in [4.78, 5) is 25.3. The van der Waals surface area contributed by atoms with Crippen molar-refractivity contribution in [3.05, 3.63) is 68.9 Å². The van der Waals surface area contributed by atoms with Gasteiger partial charge in [0, 0.05) is 22.6 Å². The van der Waals surface area contributed by atoms with E-state index in [9.17, 15) is 14.9 Å². The molecule has 7 nitrogen and oxygen atoms in total. The Balaban J connectivity index is 1.90. The number of carbonyl (C=O) groups is 2. The number of nitrogens with two attached hydrogens (primary N) is 1. The number of anilines is 1. The van der Waals surface area contributed by atoms with Crippen LogP contribution >= 0.6 is 11.3 Å². The molecule has 0 bridgehead atoms. The van der Waals surface area contributed by atoms with Gasteiger partial charge in [-0.2, -0.15) is 5.26 Å². The number of nitriles is 1. The van der Waals surface area contributed by atoms with Gasteiger partial charge in [0.15, 0.2) is 0 Å². The molecule has 2 heterocycles. The Hall–Kier alpha value is -3.57. The molecule has 0 saturated heterocycles. The lowest BCUT2D eigenvalue weighted by Crippen LogP contribution is -2.11. The van der Waals surface area contributed by atoms with E-state index < -0.39 is 11.9 Å². The highest BCUT2D eigenvalue weighted by Gasteiger charge is 2.25. The standard InChI is InChI=1S/C23H23N3O4S/c1-5-29-23(28)20-18(17(11-24)21(25)31-20)12-30-22(27)16-10-14(3)26(15(16)4)19-9-7-6-8-13(19)2/h6-10H,5,12,25H2,1-4H3. The van der Waals surface area contributed by atoms with Crippen molar-refractivity contribution in [1.82, 2.24) is 4.57 Å². The predicted molar refractivity (Wildman–Crippen MR) is 119 cm³/mol. The molecule has 160 valence electrons. The fourth-order valence-corrected chi connectivity index (χ4v) is 4.39. The van der Waals surface area contributed by atoms with E-state index in [1.807, 2.05) is 55.7 Å². The van der Waals surface area contributed by atoms with Crippen molar-refractivity contribution in [3.63, 3.8) is 0 Å². The molecular weight excluding hydrogens is 414 g/mol. The first kappa shape index (κ1) is 22.1. The van der Waals surface area contributed by atoms with Crippen LogP contribution in [0.1, 0.15) is 55.0 Å². The number of esters is 2. The molecule has 2 N–H and O–H groups in total. The minimum absolute atomic E-state index is 0.131. The highest BCUT2D eigenvalue weighted by Crippen LogP contribution is 2.32. The van der Waals surface area contributed by atoms with Crippen molar-refractivity contribution in [1.29, 1.82) is 5.26 Å². The third kappa shape index (κ3) is 4.18. The average molecular weight is 438 g/mol. The van der Waals surface area contributed by atoms with Gasteiger partial charge >= 0.3 is 11.9 Å². The number of aryl methyl sites for hydroxylation is 2. The third-order valence-electron chi connectivity index (χ3n) is 4.96. The zero-order chi connectivity index (χ0) is 22.7. The Bertz CT molecular complexity index is 1200. The highest BCUT2D eigenvalue weighted by atomic mass is 32.1. The van der Waals surface area contributed by atoms with Crippen molar-refractivity contribution in [3.8, 4) is 11.8 Å². The van der Waals surface area contributed by atoms with E-state index in [4.69, 9.17) is 15.2 Å². The number of aromatic nitrogens is 1. The van der Waals surface area contributed by atoms with Crippen LogP contribution < -0.4 is 5.73 Å². The van der Waals surface area contributed by atoms with Gasteiger partial charge in [-0.1, -0.05) is 18.2 Å². The van der Waals surface area contributed by atoms with Gasteiger partial charge in [0.05, 0.1) is 17.7 Å². The maximum atomic E-state index is 12.9. The molecular formula is C23H23N3O4S. The molecule has 0 spiro atoms. The summed E-state index contributed by atoms with van der Waals surface area (Å²) in [6, 6.07) is 11.6. The minimum atomic E-state index is -0.593. The summed E-state index contributed by atoms with van der Waals surface area (Å²) in [7, 11) is 0. The maximum Gasteiger partial charge on any atom is 0.348 e. The fraction of sp³-hybridized carbons (Fsp3) is 0.261. The molecule has 0 atom stereocenters. The van der Waals surface area contributed by atoms with Crippen LogP contribution in [0.2, 0.25) is 0 Å². The van der Waals surface area contributed by atoms with Gasteiger partial charge in [-0.3, -0.25) is 0 Å². The molecule has 0 aliphatic rings. The second-order valence-electron chi connectivity index (χ2n) is 6.96. The van der Waals surface area contributed by atoms with E-state index in [-0.39, 0.29) is 34.2 Å². The van der Waals surface area contributed by atoms with Gasteiger partial charge in [0.25, 0.3) is 0 Å². The molecule has 1 aromatic carbocycles. The van der Waals surface area contributed by atoms with Crippen molar-refractivity contribution in [2.45, 2.75) is 34.3 Å². The van der Waals surface area contributed by atoms with E-state index in [1.54, 1.807) is 13.0 Å². The molecule has 0 amide bonds. The number of nitrogen functional groups attached to an aromatic ring is 1. The van der Waals surface area contributed by atoms with Crippen LogP contribution in [-0.4, -0.2) is 23.1 Å². The number of nitrogens with zero attached hydrogens (tertiary/aromatic N) is 2. The molecule has 31 heavy (non-hydrogen) atoms. The predicted octanol–water partition coefficient (Wildman–Crippen LogP) is 4.45. The second-order valence-corrected chi connectivity index (χ2v) is 8.02. The van der Waals surface area contributed by atoms with Crippen molar-refractivity contribution in [2.24, 2.45) is 0 Å². The summed E-state index contributed by atoms with van der Waals surface area (Å²) in [6.07, 6.45) is 0. The van der Waals surface area contributed by atoms with Crippen LogP contribution in [0, 0.1) is 32.1 Å². The summed E-state index contributed by atoms with van der Waals surface area (Å²) in [5.74, 6) is -1.14. The quantitative estimate of drug-likeness (QED) is 0.571. The first-order chi connectivity index (χ1) is 14.8. The summed E-state index contributed by atoms with van der Waals surface area (Å²) in [5.41, 5.74) is 10.4. The molecule has 0 radical (unpaired) electrons. The number of para-hydroxylation sites is 1. The Morgan fingerprint density at radius 2 is 1.87 bits per heavy atom. The van der Waals surface area contributed by atoms with Crippen LogP contribution in [0.15, 0.2) is 30.3 Å². The summed E-state index contributed by atoms with van der Waals surface area (Å²) in [6.45, 7) is 7.39. The largest absolute Gasteiger partial charge is 0.462 e. The van der Waals surface area contributed by atoms with Gasteiger partial charge in [0.1, 0.15) is 22.6 Å². The first-order valence-electron chi connectivity index (χ1n) is 9.70. The molecule has 0 aliphatic carbocycles. The SMILES string of the molecule is CCOC(=O)c1sc(N)c(C#N)c1COC(=O)c1cc(C)n(-c2ccccc2C)c1C. The maximum absolute atomic E-state index is 12.9. The topological polar surface area (TPSA) is 107 Å². The number of benzene rings is 1. The van der Waals surface area contributed by atoms with E-state index in [0.717, 1.165) is 34.0 Å². The molecule has 0 fully saturated rings. The smallest absolute Gasteiger partial charge is 0.348 e. The van der Waals surface area contributed by atoms with Crippen LogP contribution in [0.4, 0.5) is 5.00 Å². The number of ether oxygens (including phenoxy) is 2. The summed E-state index contributed by atoms with van der Waals surface area (Å²) in [5, 5.41) is 9.61. The van der Waals surface area contributed by atoms with Crippen molar-refractivity contribution >= 4 is 28.3 Å². The van der Waals surface area contributed by atoms with Gasteiger partial charge in [-0.25, -0.2) is 9.59 Å². The zero-order valence-electron chi connectivity index (χ0n) is 17.8. The first-order valence-corrected chi connectivity index (χ1v) is 10.5. The lowest BCUT2D eigenvalue weighted by atomic mass is 10.1. The number of carbonyl (C=O) groups excluding carboxylic acids is 2. The Labute approximate surface area is 184 Å². The monoisotopic (exact) mass is 437 g/mol. The normalized spacial score (nSPS) is 10.5. The van der Waals surface area contributed by atoms with Gasteiger partial charge in [-0.15, -0.1) is 11.3 Å². The highest BCUT2D eigenvalue weighted by molar-refractivity contribution is 7.18. The van der Waals surface area contributed by atoms with Gasteiger partial charge < -0.3 is 19.8 Å².